The molecule has 1 fully saturated rings. The maximum Gasteiger partial charge on any atom is 0.236 e. The molecule has 1 saturated heterocycles. The third-order valence-electron chi connectivity index (χ3n) is 3.77. The van der Waals surface area contributed by atoms with Crippen LogP contribution in [0, 0.1) is 0 Å². The fraction of sp³-hybridized carbons (Fsp3) is 0.917. The van der Waals surface area contributed by atoms with E-state index in [0.29, 0.717) is 6.54 Å². The van der Waals surface area contributed by atoms with Crippen LogP contribution < -0.4 is 0 Å². The molecular formula is C12H24N2O. The molecule has 0 aliphatic carbocycles. The first-order chi connectivity index (χ1) is 7.03. The molecule has 1 rings (SSSR count). The van der Waals surface area contributed by atoms with E-state index in [-0.39, 0.29) is 11.4 Å². The van der Waals surface area contributed by atoms with Gasteiger partial charge in [0.2, 0.25) is 5.91 Å². The minimum atomic E-state index is 0.214. The fourth-order valence-corrected chi connectivity index (χ4v) is 2.32. The van der Waals surface area contributed by atoms with Gasteiger partial charge in [0.1, 0.15) is 0 Å². The van der Waals surface area contributed by atoms with Crippen LogP contribution >= 0.6 is 0 Å². The molecule has 0 N–H and O–H groups in total. The van der Waals surface area contributed by atoms with E-state index in [1.165, 1.54) is 12.8 Å². The van der Waals surface area contributed by atoms with Gasteiger partial charge in [0.05, 0.1) is 6.54 Å². The smallest absolute Gasteiger partial charge is 0.236 e. The SMILES string of the molecule is CCCC(C)(CC)N1CCN(C)C(=O)C1. The Bertz CT molecular complexity index is 230. The Balaban J connectivity index is 2.66. The summed E-state index contributed by atoms with van der Waals surface area (Å²) in [6.07, 6.45) is 3.49. The molecule has 1 aliphatic rings. The Labute approximate surface area is 93.4 Å². The third kappa shape index (κ3) is 2.71. The lowest BCUT2D eigenvalue weighted by Gasteiger charge is -2.44. The van der Waals surface area contributed by atoms with Gasteiger partial charge in [0.15, 0.2) is 0 Å². The number of hydrogen-bond donors (Lipinski definition) is 0. The van der Waals surface area contributed by atoms with E-state index in [0.717, 1.165) is 19.5 Å². The lowest BCUT2D eigenvalue weighted by atomic mass is 9.90. The van der Waals surface area contributed by atoms with Crippen molar-refractivity contribution in [3.63, 3.8) is 0 Å². The molecule has 88 valence electrons. The maximum atomic E-state index is 11.7. The first-order valence-electron chi connectivity index (χ1n) is 6.02. The lowest BCUT2D eigenvalue weighted by Crippen LogP contribution is -2.57. The van der Waals surface area contributed by atoms with E-state index in [1.807, 2.05) is 11.9 Å². The number of hydrogen-bond acceptors (Lipinski definition) is 2. The van der Waals surface area contributed by atoms with Crippen molar-refractivity contribution in [1.82, 2.24) is 9.80 Å². The largest absolute Gasteiger partial charge is 0.343 e. The summed E-state index contributed by atoms with van der Waals surface area (Å²) in [7, 11) is 1.89. The summed E-state index contributed by atoms with van der Waals surface area (Å²) in [5, 5.41) is 0. The second-order valence-corrected chi connectivity index (χ2v) is 4.84. The van der Waals surface area contributed by atoms with E-state index < -0.39 is 0 Å². The van der Waals surface area contributed by atoms with Crippen molar-refractivity contribution in [2.24, 2.45) is 0 Å². The molecule has 0 aromatic carbocycles. The molecule has 0 aromatic heterocycles. The van der Waals surface area contributed by atoms with Crippen LogP contribution in [0.15, 0.2) is 0 Å². The van der Waals surface area contributed by atoms with Gasteiger partial charge >= 0.3 is 0 Å². The summed E-state index contributed by atoms with van der Waals surface area (Å²) in [4.78, 5) is 15.8. The van der Waals surface area contributed by atoms with Crippen LogP contribution in [0.1, 0.15) is 40.0 Å². The van der Waals surface area contributed by atoms with Gasteiger partial charge in [-0.05, 0) is 19.8 Å². The maximum absolute atomic E-state index is 11.7. The van der Waals surface area contributed by atoms with Crippen LogP contribution in [0.5, 0.6) is 0 Å². The number of carbonyl (C=O) groups is 1. The minimum absolute atomic E-state index is 0.214. The molecule has 3 heteroatoms. The van der Waals surface area contributed by atoms with Crippen LogP contribution in [0.3, 0.4) is 0 Å². The van der Waals surface area contributed by atoms with Crippen molar-refractivity contribution in [1.29, 1.82) is 0 Å². The van der Waals surface area contributed by atoms with Crippen LogP contribution in [-0.2, 0) is 4.79 Å². The highest BCUT2D eigenvalue weighted by Crippen LogP contribution is 2.26. The molecule has 0 saturated carbocycles. The first-order valence-corrected chi connectivity index (χ1v) is 6.02. The van der Waals surface area contributed by atoms with Gasteiger partial charge < -0.3 is 4.90 Å². The van der Waals surface area contributed by atoms with Gasteiger partial charge in [-0.25, -0.2) is 0 Å². The van der Waals surface area contributed by atoms with Crippen molar-refractivity contribution in [3.8, 4) is 0 Å². The molecule has 0 aromatic rings. The predicted octanol–water partition coefficient (Wildman–Crippen LogP) is 1.73. The van der Waals surface area contributed by atoms with Gasteiger partial charge in [-0.15, -0.1) is 0 Å². The molecule has 0 spiro atoms. The number of nitrogens with zero attached hydrogens (tertiary/aromatic N) is 2. The van der Waals surface area contributed by atoms with E-state index >= 15 is 0 Å². The predicted molar refractivity (Wildman–Crippen MR) is 62.8 cm³/mol. The number of likely N-dealkylation sites (N-methyl/N-ethyl adjacent to an activating group) is 1. The molecule has 1 unspecified atom stereocenters. The Hall–Kier alpha value is -0.570. The van der Waals surface area contributed by atoms with Crippen LogP contribution in [0.4, 0.5) is 0 Å². The third-order valence-corrected chi connectivity index (χ3v) is 3.77. The normalized spacial score (nSPS) is 22.9. The molecule has 1 heterocycles. The Morgan fingerprint density at radius 1 is 1.33 bits per heavy atom. The standard InChI is InChI=1S/C12H24N2O/c1-5-7-12(3,6-2)14-9-8-13(4)11(15)10-14/h5-10H2,1-4H3. The highest BCUT2D eigenvalue weighted by Gasteiger charge is 2.33. The van der Waals surface area contributed by atoms with Crippen molar-refractivity contribution in [2.75, 3.05) is 26.7 Å². The van der Waals surface area contributed by atoms with E-state index in [9.17, 15) is 4.79 Å². The zero-order valence-corrected chi connectivity index (χ0v) is 10.5. The number of rotatable bonds is 4. The molecule has 3 nitrogen and oxygen atoms in total. The molecule has 0 radical (unpaired) electrons. The van der Waals surface area contributed by atoms with Gasteiger partial charge in [0, 0.05) is 25.7 Å². The minimum Gasteiger partial charge on any atom is -0.343 e. The highest BCUT2D eigenvalue weighted by atomic mass is 16.2. The van der Waals surface area contributed by atoms with Gasteiger partial charge in [0.25, 0.3) is 0 Å². The summed E-state index contributed by atoms with van der Waals surface area (Å²) in [6.45, 7) is 9.21. The van der Waals surface area contributed by atoms with E-state index in [4.69, 9.17) is 0 Å². The second kappa shape index (κ2) is 4.97. The average Bonchev–Trinajstić information content (AvgIpc) is 2.22. The topological polar surface area (TPSA) is 23.6 Å². The van der Waals surface area contributed by atoms with Gasteiger partial charge in [-0.3, -0.25) is 9.69 Å². The van der Waals surface area contributed by atoms with Crippen molar-refractivity contribution < 1.29 is 4.79 Å². The van der Waals surface area contributed by atoms with Crippen LogP contribution in [0.2, 0.25) is 0 Å². The zero-order chi connectivity index (χ0) is 11.5. The van der Waals surface area contributed by atoms with Crippen molar-refractivity contribution in [2.45, 2.75) is 45.6 Å². The monoisotopic (exact) mass is 212 g/mol. The van der Waals surface area contributed by atoms with Gasteiger partial charge in [-0.2, -0.15) is 0 Å². The zero-order valence-electron chi connectivity index (χ0n) is 10.5. The average molecular weight is 212 g/mol. The van der Waals surface area contributed by atoms with Crippen LogP contribution in [-0.4, -0.2) is 47.9 Å². The Morgan fingerprint density at radius 2 is 2.00 bits per heavy atom. The highest BCUT2D eigenvalue weighted by molar-refractivity contribution is 5.78. The van der Waals surface area contributed by atoms with E-state index in [2.05, 4.69) is 25.7 Å². The Kier molecular flexibility index (Phi) is 4.14. The summed E-state index contributed by atoms with van der Waals surface area (Å²) < 4.78 is 0. The molecule has 15 heavy (non-hydrogen) atoms. The lowest BCUT2D eigenvalue weighted by molar-refractivity contribution is -0.137. The van der Waals surface area contributed by atoms with Crippen molar-refractivity contribution >= 4 is 5.91 Å². The van der Waals surface area contributed by atoms with Gasteiger partial charge in [-0.1, -0.05) is 20.3 Å². The molecule has 1 aliphatic heterocycles. The number of carbonyl (C=O) groups excluding carboxylic acids is 1. The molecule has 0 bridgehead atoms. The summed E-state index contributed by atoms with van der Waals surface area (Å²) >= 11 is 0. The first kappa shape index (κ1) is 12.5. The summed E-state index contributed by atoms with van der Waals surface area (Å²) in [5.41, 5.74) is 0.214. The van der Waals surface area contributed by atoms with Crippen molar-refractivity contribution in [3.05, 3.63) is 0 Å². The molecular weight excluding hydrogens is 188 g/mol. The van der Waals surface area contributed by atoms with Crippen LogP contribution in [0.25, 0.3) is 0 Å². The second-order valence-electron chi connectivity index (χ2n) is 4.84. The van der Waals surface area contributed by atoms with E-state index in [1.54, 1.807) is 0 Å². The molecule has 1 atom stereocenters. The summed E-state index contributed by atoms with van der Waals surface area (Å²) in [5.74, 6) is 0.261. The molecule has 1 amide bonds. The number of piperazine rings is 1. The quantitative estimate of drug-likeness (QED) is 0.708. The Morgan fingerprint density at radius 3 is 2.47 bits per heavy atom. The summed E-state index contributed by atoms with van der Waals surface area (Å²) in [6, 6.07) is 0. The number of amides is 1. The fourth-order valence-electron chi connectivity index (χ4n) is 2.32.